The second-order valence-corrected chi connectivity index (χ2v) is 7.22. The van der Waals surface area contributed by atoms with Crippen molar-refractivity contribution in [2.24, 2.45) is 9.98 Å². The third kappa shape index (κ3) is 5.04. The quantitative estimate of drug-likeness (QED) is 0.772. The van der Waals surface area contributed by atoms with Gasteiger partial charge in [0, 0.05) is 38.0 Å². The zero-order valence-corrected chi connectivity index (χ0v) is 17.2. The first-order chi connectivity index (χ1) is 12.7. The second-order valence-electron chi connectivity index (χ2n) is 7.22. The lowest BCUT2D eigenvalue weighted by Gasteiger charge is -2.08. The van der Waals surface area contributed by atoms with Crippen molar-refractivity contribution >= 4 is 24.2 Å². The molecule has 1 aliphatic heterocycles. The summed E-state index contributed by atoms with van der Waals surface area (Å²) in [4.78, 5) is 11.5. The number of nitriles is 1. The van der Waals surface area contributed by atoms with E-state index in [1.54, 1.807) is 0 Å². The zero-order chi connectivity index (χ0) is 20.1. The molecule has 0 bridgehead atoms. The van der Waals surface area contributed by atoms with Crippen molar-refractivity contribution in [2.45, 2.75) is 40.5 Å². The zero-order valence-electron chi connectivity index (χ0n) is 17.2. The fourth-order valence-electron chi connectivity index (χ4n) is 2.97. The molecule has 0 amide bonds. The number of allylic oxidation sites excluding steroid dienone is 3. The third-order valence-electron chi connectivity index (χ3n) is 4.35. The van der Waals surface area contributed by atoms with E-state index < -0.39 is 0 Å². The van der Waals surface area contributed by atoms with Crippen molar-refractivity contribution in [2.75, 3.05) is 14.1 Å². The summed E-state index contributed by atoms with van der Waals surface area (Å²) in [5.74, 6) is 0. The molecule has 1 aromatic carbocycles. The van der Waals surface area contributed by atoms with Crippen molar-refractivity contribution in [1.29, 1.82) is 5.26 Å². The Morgan fingerprint density at radius 3 is 2.63 bits per heavy atom. The Bertz CT molecular complexity index is 1010. The summed E-state index contributed by atoms with van der Waals surface area (Å²) < 4.78 is 0. The van der Waals surface area contributed by atoms with Gasteiger partial charge in [-0.25, -0.2) is 0 Å². The summed E-state index contributed by atoms with van der Waals surface area (Å²) in [7, 11) is 3.92. The van der Waals surface area contributed by atoms with E-state index >= 15 is 0 Å². The van der Waals surface area contributed by atoms with Gasteiger partial charge in [0.15, 0.2) is 0 Å². The first-order valence-corrected chi connectivity index (χ1v) is 9.16. The highest BCUT2D eigenvalue weighted by molar-refractivity contribution is 6.10. The van der Waals surface area contributed by atoms with Crippen LogP contribution in [0, 0.1) is 11.3 Å². The van der Waals surface area contributed by atoms with E-state index in [0.717, 1.165) is 51.7 Å². The molecule has 0 radical (unpaired) electrons. The SMILES string of the molecule is C=c1c(C#N)cc(C2=NC(C)=C(N=C(C)C)CC(CC)=C2)c/c1=C/N(C)C. The largest absolute Gasteiger partial charge is 0.383 e. The van der Waals surface area contributed by atoms with E-state index in [4.69, 9.17) is 4.99 Å². The molecule has 1 aromatic rings. The van der Waals surface area contributed by atoms with Gasteiger partial charge in [0.05, 0.1) is 28.7 Å². The maximum Gasteiger partial charge on any atom is 0.0998 e. The molecule has 0 aromatic heterocycles. The van der Waals surface area contributed by atoms with Gasteiger partial charge in [0.1, 0.15) is 0 Å². The summed E-state index contributed by atoms with van der Waals surface area (Å²) in [6, 6.07) is 6.20. The van der Waals surface area contributed by atoms with Crippen LogP contribution < -0.4 is 10.4 Å². The highest BCUT2D eigenvalue weighted by atomic mass is 15.0. The molecule has 0 N–H and O–H groups in total. The van der Waals surface area contributed by atoms with Gasteiger partial charge >= 0.3 is 0 Å². The number of aliphatic imine (C=N–C) groups is 2. The molecule has 0 atom stereocenters. The first-order valence-electron chi connectivity index (χ1n) is 9.16. The van der Waals surface area contributed by atoms with Crippen molar-refractivity contribution < 1.29 is 0 Å². The summed E-state index contributed by atoms with van der Waals surface area (Å²) in [5.41, 5.74) is 6.59. The maximum atomic E-state index is 9.55. The fraction of sp³-hybridized carbons (Fsp3) is 0.348. The molecule has 0 aliphatic carbocycles. The molecule has 0 unspecified atom stereocenters. The maximum absolute atomic E-state index is 9.55. The van der Waals surface area contributed by atoms with E-state index in [-0.39, 0.29) is 0 Å². The highest BCUT2D eigenvalue weighted by Gasteiger charge is 2.13. The minimum Gasteiger partial charge on any atom is -0.383 e. The Balaban J connectivity index is 2.76. The van der Waals surface area contributed by atoms with Crippen LogP contribution in [0.25, 0.3) is 12.8 Å². The fourth-order valence-corrected chi connectivity index (χ4v) is 2.97. The van der Waals surface area contributed by atoms with Gasteiger partial charge in [0.25, 0.3) is 0 Å². The molecule has 0 spiro atoms. The minimum absolute atomic E-state index is 0.572. The molecule has 0 saturated carbocycles. The summed E-state index contributed by atoms with van der Waals surface area (Å²) >= 11 is 0. The van der Waals surface area contributed by atoms with Crippen LogP contribution in [-0.4, -0.2) is 30.4 Å². The van der Waals surface area contributed by atoms with Crippen LogP contribution in [0.3, 0.4) is 0 Å². The molecule has 1 aliphatic rings. The van der Waals surface area contributed by atoms with Crippen molar-refractivity contribution in [3.8, 4) is 6.07 Å². The summed E-state index contributed by atoms with van der Waals surface area (Å²) in [6.07, 6.45) is 5.85. The molecule has 0 saturated heterocycles. The molecule has 1 heterocycles. The molecular weight excluding hydrogens is 332 g/mol. The van der Waals surface area contributed by atoms with Gasteiger partial charge in [-0.15, -0.1) is 0 Å². The van der Waals surface area contributed by atoms with Crippen LogP contribution in [0.2, 0.25) is 0 Å². The standard InChI is InChI=1S/C23H28N4/c1-8-18-9-22(25-15(2)3)17(5)26-23(10-18)19-11-20(13-24)16(4)21(12-19)14-27(6)7/h10-12,14H,4,8-9H2,1-3,5-7H3/b21-14-. The Labute approximate surface area is 162 Å². The second kappa shape index (κ2) is 8.64. The van der Waals surface area contributed by atoms with E-state index in [0.29, 0.717) is 5.56 Å². The lowest BCUT2D eigenvalue weighted by Crippen LogP contribution is -2.30. The van der Waals surface area contributed by atoms with Crippen LogP contribution in [0.4, 0.5) is 0 Å². The van der Waals surface area contributed by atoms with Gasteiger partial charge in [-0.1, -0.05) is 19.1 Å². The van der Waals surface area contributed by atoms with Gasteiger partial charge in [-0.05, 0) is 55.8 Å². The van der Waals surface area contributed by atoms with E-state index in [1.807, 2.05) is 52.0 Å². The smallest absolute Gasteiger partial charge is 0.0998 e. The average molecular weight is 361 g/mol. The lowest BCUT2D eigenvalue weighted by atomic mass is 10.00. The van der Waals surface area contributed by atoms with Crippen molar-refractivity contribution in [3.05, 3.63) is 56.7 Å². The van der Waals surface area contributed by atoms with E-state index in [9.17, 15) is 5.26 Å². The topological polar surface area (TPSA) is 51.8 Å². The molecule has 2 rings (SSSR count). The normalized spacial score (nSPS) is 14.9. The molecule has 0 fully saturated rings. The number of hydrogen-bond donors (Lipinski definition) is 0. The Hall–Kier alpha value is -2.93. The molecular formula is C23H28N4. The minimum atomic E-state index is 0.572. The number of nitrogens with zero attached hydrogens (tertiary/aromatic N) is 4. The molecule has 4 nitrogen and oxygen atoms in total. The van der Waals surface area contributed by atoms with Crippen LogP contribution in [0.15, 0.2) is 45.2 Å². The van der Waals surface area contributed by atoms with E-state index in [2.05, 4.69) is 36.7 Å². The summed E-state index contributed by atoms with van der Waals surface area (Å²) in [6.45, 7) is 12.2. The van der Waals surface area contributed by atoms with Gasteiger partial charge in [-0.3, -0.25) is 9.98 Å². The number of hydrogen-bond acceptors (Lipinski definition) is 4. The third-order valence-corrected chi connectivity index (χ3v) is 4.35. The van der Waals surface area contributed by atoms with Crippen LogP contribution in [0.1, 0.15) is 51.7 Å². The number of rotatable bonds is 4. The molecule has 27 heavy (non-hydrogen) atoms. The Morgan fingerprint density at radius 2 is 2.07 bits per heavy atom. The van der Waals surface area contributed by atoms with Crippen molar-refractivity contribution in [1.82, 2.24) is 4.90 Å². The van der Waals surface area contributed by atoms with Crippen LogP contribution >= 0.6 is 0 Å². The predicted octanol–water partition coefficient (Wildman–Crippen LogP) is 3.51. The highest BCUT2D eigenvalue weighted by Crippen LogP contribution is 2.25. The van der Waals surface area contributed by atoms with Gasteiger partial charge < -0.3 is 4.90 Å². The number of benzene rings is 1. The molecule has 140 valence electrons. The monoisotopic (exact) mass is 360 g/mol. The van der Waals surface area contributed by atoms with E-state index in [1.165, 1.54) is 5.57 Å². The Kier molecular flexibility index (Phi) is 6.52. The van der Waals surface area contributed by atoms with Crippen LogP contribution in [0.5, 0.6) is 0 Å². The van der Waals surface area contributed by atoms with Gasteiger partial charge in [0.2, 0.25) is 0 Å². The average Bonchev–Trinajstić information content (AvgIpc) is 2.75. The predicted molar refractivity (Wildman–Crippen MR) is 115 cm³/mol. The van der Waals surface area contributed by atoms with Crippen molar-refractivity contribution in [3.63, 3.8) is 0 Å². The summed E-state index contributed by atoms with van der Waals surface area (Å²) in [5, 5.41) is 11.2. The van der Waals surface area contributed by atoms with Crippen LogP contribution in [-0.2, 0) is 0 Å². The lowest BCUT2D eigenvalue weighted by molar-refractivity contribution is 0.614. The first kappa shape index (κ1) is 20.4. The molecule has 4 heteroatoms. The Morgan fingerprint density at radius 1 is 1.37 bits per heavy atom. The van der Waals surface area contributed by atoms with Gasteiger partial charge in [-0.2, -0.15) is 5.26 Å².